The standard InChI is InChI=1S/C16H18F3N5/c1-23-8-11(5-13(23)6-20)9-24-4-2-3-12(10-24)15-21-7-14(22-15)16(17,18)19/h5,7-8,12H,2-4,9-10H2,1H3,(H,21,22)/t12-/m1/s1. The first kappa shape index (κ1) is 16.6. The number of hydrogen-bond acceptors (Lipinski definition) is 3. The second-order valence-corrected chi connectivity index (χ2v) is 6.21. The van der Waals surface area contributed by atoms with Crippen LogP contribution in [0.2, 0.25) is 0 Å². The number of imidazole rings is 1. The van der Waals surface area contributed by atoms with Crippen molar-refractivity contribution in [3.05, 3.63) is 41.2 Å². The summed E-state index contributed by atoms with van der Waals surface area (Å²) < 4.78 is 39.9. The molecule has 1 aliphatic heterocycles. The molecule has 128 valence electrons. The Morgan fingerprint density at radius 2 is 2.25 bits per heavy atom. The quantitative estimate of drug-likeness (QED) is 0.936. The fourth-order valence-electron chi connectivity index (χ4n) is 3.20. The van der Waals surface area contributed by atoms with Crippen LogP contribution in [0, 0.1) is 11.3 Å². The Kier molecular flexibility index (Phi) is 4.37. The van der Waals surface area contributed by atoms with Gasteiger partial charge in [-0.25, -0.2) is 4.98 Å². The minimum absolute atomic E-state index is 0.0333. The van der Waals surface area contributed by atoms with Crippen LogP contribution in [0.25, 0.3) is 0 Å². The third-order valence-electron chi connectivity index (χ3n) is 4.38. The molecule has 5 nitrogen and oxygen atoms in total. The van der Waals surface area contributed by atoms with Gasteiger partial charge >= 0.3 is 6.18 Å². The summed E-state index contributed by atoms with van der Waals surface area (Å²) in [4.78, 5) is 8.54. The van der Waals surface area contributed by atoms with Crippen LogP contribution >= 0.6 is 0 Å². The summed E-state index contributed by atoms with van der Waals surface area (Å²) >= 11 is 0. The first-order valence-corrected chi connectivity index (χ1v) is 7.76. The lowest BCUT2D eigenvalue weighted by molar-refractivity contribution is -0.141. The van der Waals surface area contributed by atoms with E-state index in [1.165, 1.54) is 0 Å². The molecule has 1 fully saturated rings. The Balaban J connectivity index is 1.68. The molecule has 8 heteroatoms. The average molecular weight is 337 g/mol. The molecule has 0 saturated carbocycles. The number of nitriles is 1. The fraction of sp³-hybridized carbons (Fsp3) is 0.500. The van der Waals surface area contributed by atoms with Gasteiger partial charge in [-0.2, -0.15) is 18.4 Å². The van der Waals surface area contributed by atoms with E-state index in [0.717, 1.165) is 31.1 Å². The van der Waals surface area contributed by atoms with Gasteiger partial charge < -0.3 is 9.55 Å². The number of alkyl halides is 3. The number of nitrogens with one attached hydrogen (secondary N) is 1. The number of hydrogen-bond donors (Lipinski definition) is 1. The first-order valence-electron chi connectivity index (χ1n) is 7.76. The molecule has 0 spiro atoms. The van der Waals surface area contributed by atoms with Gasteiger partial charge in [0.1, 0.15) is 23.3 Å². The van der Waals surface area contributed by atoms with Crippen molar-refractivity contribution in [2.24, 2.45) is 7.05 Å². The summed E-state index contributed by atoms with van der Waals surface area (Å²) in [5.74, 6) is 0.367. The maximum atomic E-state index is 12.7. The zero-order valence-corrected chi connectivity index (χ0v) is 13.3. The second-order valence-electron chi connectivity index (χ2n) is 6.21. The molecule has 2 aromatic rings. The third kappa shape index (κ3) is 3.46. The van der Waals surface area contributed by atoms with E-state index in [9.17, 15) is 13.2 Å². The number of likely N-dealkylation sites (tertiary alicyclic amines) is 1. The Morgan fingerprint density at radius 1 is 1.46 bits per heavy atom. The molecule has 1 aliphatic rings. The van der Waals surface area contributed by atoms with Crippen molar-refractivity contribution >= 4 is 0 Å². The molecule has 1 saturated heterocycles. The van der Waals surface area contributed by atoms with E-state index >= 15 is 0 Å². The first-order chi connectivity index (χ1) is 11.4. The molecule has 1 N–H and O–H groups in total. The Morgan fingerprint density at radius 3 is 2.88 bits per heavy atom. The van der Waals surface area contributed by atoms with Gasteiger partial charge in [0, 0.05) is 32.3 Å². The molecule has 0 aromatic carbocycles. The van der Waals surface area contributed by atoms with Gasteiger partial charge in [-0.15, -0.1) is 0 Å². The summed E-state index contributed by atoms with van der Waals surface area (Å²) in [6.07, 6.45) is 0.114. The van der Waals surface area contributed by atoms with Crippen LogP contribution < -0.4 is 0 Å². The van der Waals surface area contributed by atoms with Crippen LogP contribution in [-0.4, -0.2) is 32.5 Å². The topological polar surface area (TPSA) is 60.6 Å². The predicted octanol–water partition coefficient (Wildman–Crippen LogP) is 3.02. The number of nitrogens with zero attached hydrogens (tertiary/aromatic N) is 4. The van der Waals surface area contributed by atoms with Gasteiger partial charge in [0.05, 0.1) is 6.20 Å². The second kappa shape index (κ2) is 6.32. The van der Waals surface area contributed by atoms with Crippen LogP contribution in [0.3, 0.4) is 0 Å². The Hall–Kier alpha value is -2.27. The van der Waals surface area contributed by atoms with Crippen LogP contribution in [0.15, 0.2) is 18.5 Å². The fourth-order valence-corrected chi connectivity index (χ4v) is 3.20. The van der Waals surface area contributed by atoms with Crippen molar-refractivity contribution in [2.75, 3.05) is 13.1 Å². The Labute approximate surface area is 137 Å². The maximum absolute atomic E-state index is 12.7. The molecule has 24 heavy (non-hydrogen) atoms. The number of aromatic nitrogens is 3. The monoisotopic (exact) mass is 337 g/mol. The van der Waals surface area contributed by atoms with Crippen molar-refractivity contribution < 1.29 is 13.2 Å². The lowest BCUT2D eigenvalue weighted by atomic mass is 9.97. The number of H-pyrrole nitrogens is 1. The Bertz CT molecular complexity index is 753. The minimum Gasteiger partial charge on any atom is -0.342 e. The summed E-state index contributed by atoms with van der Waals surface area (Å²) in [7, 11) is 1.82. The predicted molar refractivity (Wildman–Crippen MR) is 81.0 cm³/mol. The molecule has 0 bridgehead atoms. The molecule has 2 aromatic heterocycles. The van der Waals surface area contributed by atoms with Crippen molar-refractivity contribution in [1.82, 2.24) is 19.4 Å². The molecule has 0 amide bonds. The molecule has 3 rings (SSSR count). The van der Waals surface area contributed by atoms with Crippen molar-refractivity contribution in [3.63, 3.8) is 0 Å². The van der Waals surface area contributed by atoms with E-state index in [2.05, 4.69) is 20.9 Å². The molecule has 0 radical (unpaired) electrons. The highest BCUT2D eigenvalue weighted by molar-refractivity contribution is 5.28. The summed E-state index contributed by atoms with van der Waals surface area (Å²) in [6.45, 7) is 2.22. The van der Waals surface area contributed by atoms with Gasteiger partial charge in [0.15, 0.2) is 0 Å². The van der Waals surface area contributed by atoms with E-state index in [1.54, 1.807) is 4.57 Å². The van der Waals surface area contributed by atoms with Crippen molar-refractivity contribution in [2.45, 2.75) is 31.5 Å². The number of piperidine rings is 1. The van der Waals surface area contributed by atoms with E-state index in [-0.39, 0.29) is 5.92 Å². The highest BCUT2D eigenvalue weighted by atomic mass is 19.4. The number of aryl methyl sites for hydroxylation is 1. The molecule has 1 atom stereocenters. The van der Waals surface area contributed by atoms with Gasteiger partial charge in [-0.3, -0.25) is 4.90 Å². The van der Waals surface area contributed by atoms with Gasteiger partial charge in [0.2, 0.25) is 0 Å². The van der Waals surface area contributed by atoms with Crippen molar-refractivity contribution in [3.8, 4) is 6.07 Å². The SMILES string of the molecule is Cn1cc(CN2CCC[C@@H](c3ncc(C(F)(F)F)[nH]3)C2)cc1C#N. The maximum Gasteiger partial charge on any atom is 0.432 e. The third-order valence-corrected chi connectivity index (χ3v) is 4.38. The van der Waals surface area contributed by atoms with Gasteiger partial charge in [0.25, 0.3) is 0 Å². The molecule has 3 heterocycles. The molecule has 0 aliphatic carbocycles. The van der Waals surface area contributed by atoms with Crippen LogP contribution in [-0.2, 0) is 19.8 Å². The summed E-state index contributed by atoms with van der Waals surface area (Å²) in [6, 6.07) is 3.97. The van der Waals surface area contributed by atoms with E-state index in [1.807, 2.05) is 19.3 Å². The number of halogens is 3. The minimum atomic E-state index is -4.39. The zero-order valence-electron chi connectivity index (χ0n) is 13.3. The molecular weight excluding hydrogens is 319 g/mol. The van der Waals surface area contributed by atoms with Crippen molar-refractivity contribution in [1.29, 1.82) is 5.26 Å². The van der Waals surface area contributed by atoms with E-state index in [4.69, 9.17) is 5.26 Å². The number of aromatic amines is 1. The van der Waals surface area contributed by atoms with Gasteiger partial charge in [-0.1, -0.05) is 0 Å². The summed E-state index contributed by atoms with van der Waals surface area (Å²) in [5, 5.41) is 9.01. The smallest absolute Gasteiger partial charge is 0.342 e. The zero-order chi connectivity index (χ0) is 17.3. The summed E-state index contributed by atoms with van der Waals surface area (Å²) in [5.41, 5.74) is 0.834. The largest absolute Gasteiger partial charge is 0.432 e. The van der Waals surface area contributed by atoms with E-state index in [0.29, 0.717) is 24.6 Å². The lowest BCUT2D eigenvalue weighted by Gasteiger charge is -2.31. The van der Waals surface area contributed by atoms with Crippen LogP contribution in [0.5, 0.6) is 0 Å². The van der Waals surface area contributed by atoms with Gasteiger partial charge in [-0.05, 0) is 31.0 Å². The highest BCUT2D eigenvalue weighted by Crippen LogP contribution is 2.31. The average Bonchev–Trinajstić information content (AvgIpc) is 3.14. The lowest BCUT2D eigenvalue weighted by Crippen LogP contribution is -2.34. The normalized spacial score (nSPS) is 19.4. The molecule has 0 unspecified atom stereocenters. The highest BCUT2D eigenvalue weighted by Gasteiger charge is 2.34. The van der Waals surface area contributed by atoms with Crippen LogP contribution in [0.4, 0.5) is 13.2 Å². The van der Waals surface area contributed by atoms with Crippen LogP contribution in [0.1, 0.15) is 41.5 Å². The molecular formula is C16H18F3N5. The van der Waals surface area contributed by atoms with E-state index < -0.39 is 11.9 Å². The number of rotatable bonds is 3.